The molecule has 13 heavy (non-hydrogen) atoms. The first-order valence-corrected chi connectivity index (χ1v) is 5.20. The highest BCUT2D eigenvalue weighted by molar-refractivity contribution is 4.94. The van der Waals surface area contributed by atoms with E-state index in [2.05, 4.69) is 4.90 Å². The molecule has 0 aromatic rings. The van der Waals surface area contributed by atoms with Crippen LogP contribution in [-0.2, 0) is 9.47 Å². The van der Waals surface area contributed by atoms with E-state index in [0.717, 1.165) is 26.3 Å². The van der Waals surface area contributed by atoms with Gasteiger partial charge in [-0.15, -0.1) is 0 Å². The van der Waals surface area contributed by atoms with Crippen molar-refractivity contribution in [3.8, 4) is 0 Å². The van der Waals surface area contributed by atoms with E-state index >= 15 is 0 Å². The zero-order chi connectivity index (χ0) is 9.15. The van der Waals surface area contributed by atoms with Crippen molar-refractivity contribution in [2.75, 3.05) is 40.0 Å². The summed E-state index contributed by atoms with van der Waals surface area (Å²) in [6.45, 7) is 5.18. The summed E-state index contributed by atoms with van der Waals surface area (Å²) in [7, 11) is 1.76. The lowest BCUT2D eigenvalue weighted by molar-refractivity contribution is 0.0111. The molecule has 2 fully saturated rings. The van der Waals surface area contributed by atoms with Crippen LogP contribution in [0.2, 0.25) is 0 Å². The molecule has 2 aliphatic rings. The van der Waals surface area contributed by atoms with Crippen molar-refractivity contribution in [2.45, 2.75) is 24.9 Å². The maximum absolute atomic E-state index is 5.83. The molecule has 0 unspecified atom stereocenters. The van der Waals surface area contributed by atoms with Gasteiger partial charge < -0.3 is 9.47 Å². The average Bonchev–Trinajstić information content (AvgIpc) is 2.74. The first-order chi connectivity index (χ1) is 6.35. The molecular weight excluding hydrogens is 166 g/mol. The third kappa shape index (κ3) is 2.03. The van der Waals surface area contributed by atoms with Crippen LogP contribution in [0.4, 0.5) is 0 Å². The van der Waals surface area contributed by atoms with Crippen molar-refractivity contribution in [3.05, 3.63) is 0 Å². The molecule has 2 aliphatic heterocycles. The van der Waals surface area contributed by atoms with E-state index in [9.17, 15) is 0 Å². The van der Waals surface area contributed by atoms with E-state index in [1.54, 1.807) is 7.11 Å². The Kier molecular flexibility index (Phi) is 2.86. The molecular formula is C10H19NO2. The Balaban J connectivity index is 1.79. The summed E-state index contributed by atoms with van der Waals surface area (Å²) in [4.78, 5) is 2.45. The van der Waals surface area contributed by atoms with Crippen molar-refractivity contribution < 1.29 is 9.47 Å². The van der Waals surface area contributed by atoms with Crippen LogP contribution in [0.3, 0.4) is 0 Å². The molecule has 0 aliphatic carbocycles. The summed E-state index contributed by atoms with van der Waals surface area (Å²) >= 11 is 0. The molecule has 0 aromatic heterocycles. The van der Waals surface area contributed by atoms with Crippen molar-refractivity contribution in [2.24, 2.45) is 0 Å². The summed E-state index contributed by atoms with van der Waals surface area (Å²) in [5.74, 6) is 0. The highest BCUT2D eigenvalue weighted by Gasteiger charge is 2.41. The van der Waals surface area contributed by atoms with Gasteiger partial charge in [0, 0.05) is 33.4 Å². The molecule has 0 amide bonds. The standard InChI is InChI=1S/C10H19NO2/c1-12-8-6-11-5-4-10(9-11)3-2-7-13-10/h2-9H2,1H3/t10-/m0/s1. The van der Waals surface area contributed by atoms with Gasteiger partial charge in [-0.25, -0.2) is 0 Å². The highest BCUT2D eigenvalue weighted by Crippen LogP contribution is 2.34. The number of nitrogens with zero attached hydrogens (tertiary/aromatic N) is 1. The number of ether oxygens (including phenoxy) is 2. The first-order valence-electron chi connectivity index (χ1n) is 5.20. The largest absolute Gasteiger partial charge is 0.383 e. The molecule has 0 radical (unpaired) electrons. The predicted molar refractivity (Wildman–Crippen MR) is 50.9 cm³/mol. The van der Waals surface area contributed by atoms with Gasteiger partial charge in [-0.1, -0.05) is 0 Å². The van der Waals surface area contributed by atoms with Crippen LogP contribution in [0.5, 0.6) is 0 Å². The van der Waals surface area contributed by atoms with Gasteiger partial charge in [0.15, 0.2) is 0 Å². The summed E-state index contributed by atoms with van der Waals surface area (Å²) in [5.41, 5.74) is 0.230. The van der Waals surface area contributed by atoms with Crippen molar-refractivity contribution in [1.82, 2.24) is 4.90 Å². The van der Waals surface area contributed by atoms with E-state index in [1.165, 1.54) is 25.8 Å². The molecule has 0 saturated carbocycles. The smallest absolute Gasteiger partial charge is 0.0821 e. The van der Waals surface area contributed by atoms with Crippen LogP contribution in [0.15, 0.2) is 0 Å². The van der Waals surface area contributed by atoms with Crippen LogP contribution < -0.4 is 0 Å². The zero-order valence-electron chi connectivity index (χ0n) is 8.42. The van der Waals surface area contributed by atoms with Crippen molar-refractivity contribution in [3.63, 3.8) is 0 Å². The Morgan fingerprint density at radius 3 is 3.08 bits per heavy atom. The van der Waals surface area contributed by atoms with Gasteiger partial charge in [0.25, 0.3) is 0 Å². The average molecular weight is 185 g/mol. The van der Waals surface area contributed by atoms with Crippen molar-refractivity contribution in [1.29, 1.82) is 0 Å². The second-order valence-electron chi connectivity index (χ2n) is 4.15. The highest BCUT2D eigenvalue weighted by atomic mass is 16.5. The molecule has 3 heteroatoms. The number of hydrogen-bond donors (Lipinski definition) is 0. The Labute approximate surface area is 80.0 Å². The summed E-state index contributed by atoms with van der Waals surface area (Å²) in [5, 5.41) is 0. The predicted octanol–water partition coefficient (Wildman–Crippen LogP) is 0.888. The fourth-order valence-corrected chi connectivity index (χ4v) is 2.42. The lowest BCUT2D eigenvalue weighted by Crippen LogP contribution is -2.33. The minimum absolute atomic E-state index is 0.230. The Morgan fingerprint density at radius 2 is 2.38 bits per heavy atom. The lowest BCUT2D eigenvalue weighted by Gasteiger charge is -2.22. The van der Waals surface area contributed by atoms with Crippen LogP contribution in [0.25, 0.3) is 0 Å². The quantitative estimate of drug-likeness (QED) is 0.651. The number of rotatable bonds is 3. The maximum atomic E-state index is 5.83. The normalized spacial score (nSPS) is 34.8. The molecule has 2 saturated heterocycles. The van der Waals surface area contributed by atoms with Crippen LogP contribution in [0, 0.1) is 0 Å². The third-order valence-corrected chi connectivity index (χ3v) is 3.19. The van der Waals surface area contributed by atoms with E-state index in [1.807, 2.05) is 0 Å². The molecule has 76 valence electrons. The molecule has 1 atom stereocenters. The Hall–Kier alpha value is -0.120. The second-order valence-corrected chi connectivity index (χ2v) is 4.15. The monoisotopic (exact) mass is 185 g/mol. The van der Waals surface area contributed by atoms with E-state index in [4.69, 9.17) is 9.47 Å². The zero-order valence-corrected chi connectivity index (χ0v) is 8.42. The summed E-state index contributed by atoms with van der Waals surface area (Å²) in [6.07, 6.45) is 3.73. The molecule has 0 bridgehead atoms. The summed E-state index contributed by atoms with van der Waals surface area (Å²) < 4.78 is 10.9. The molecule has 2 rings (SSSR count). The molecule has 0 N–H and O–H groups in total. The minimum atomic E-state index is 0.230. The number of likely N-dealkylation sites (tertiary alicyclic amines) is 1. The van der Waals surface area contributed by atoms with Crippen LogP contribution >= 0.6 is 0 Å². The second kappa shape index (κ2) is 3.95. The van der Waals surface area contributed by atoms with Gasteiger partial charge in [-0.3, -0.25) is 4.90 Å². The summed E-state index contributed by atoms with van der Waals surface area (Å²) in [6, 6.07) is 0. The van der Waals surface area contributed by atoms with Gasteiger partial charge in [-0.2, -0.15) is 0 Å². The number of methoxy groups -OCH3 is 1. The fraction of sp³-hybridized carbons (Fsp3) is 1.00. The maximum Gasteiger partial charge on any atom is 0.0821 e. The SMILES string of the molecule is COCCN1CC[C@@]2(CCCO2)C1. The van der Waals surface area contributed by atoms with E-state index in [0.29, 0.717) is 0 Å². The van der Waals surface area contributed by atoms with Crippen molar-refractivity contribution >= 4 is 0 Å². The van der Waals surface area contributed by atoms with Gasteiger partial charge in [-0.05, 0) is 19.3 Å². The molecule has 1 spiro atoms. The van der Waals surface area contributed by atoms with Crippen LogP contribution in [-0.4, -0.2) is 50.5 Å². The molecule has 0 aromatic carbocycles. The first kappa shape index (κ1) is 9.44. The van der Waals surface area contributed by atoms with E-state index < -0.39 is 0 Å². The van der Waals surface area contributed by atoms with Gasteiger partial charge in [0.05, 0.1) is 12.2 Å². The van der Waals surface area contributed by atoms with Gasteiger partial charge in [0.1, 0.15) is 0 Å². The topological polar surface area (TPSA) is 21.7 Å². The van der Waals surface area contributed by atoms with Gasteiger partial charge >= 0.3 is 0 Å². The minimum Gasteiger partial charge on any atom is -0.383 e. The van der Waals surface area contributed by atoms with E-state index in [-0.39, 0.29) is 5.60 Å². The third-order valence-electron chi connectivity index (χ3n) is 3.19. The lowest BCUT2D eigenvalue weighted by atomic mass is 10.00. The molecule has 2 heterocycles. The fourth-order valence-electron chi connectivity index (χ4n) is 2.42. The van der Waals surface area contributed by atoms with Gasteiger partial charge in [0.2, 0.25) is 0 Å². The molecule has 3 nitrogen and oxygen atoms in total. The number of hydrogen-bond acceptors (Lipinski definition) is 3. The van der Waals surface area contributed by atoms with Crippen LogP contribution in [0.1, 0.15) is 19.3 Å². The Morgan fingerprint density at radius 1 is 1.46 bits per heavy atom. The Bertz CT molecular complexity index is 166.